The lowest BCUT2D eigenvalue weighted by Gasteiger charge is -2.07. The van der Waals surface area contributed by atoms with E-state index in [4.69, 9.17) is 5.14 Å². The van der Waals surface area contributed by atoms with Crippen molar-refractivity contribution < 1.29 is 16.8 Å². The molecule has 0 saturated carbocycles. The molecular formula is C11H19N3O4S2. The minimum Gasteiger partial charge on any atom is -0.225 e. The van der Waals surface area contributed by atoms with Crippen LogP contribution in [0.25, 0.3) is 0 Å². The van der Waals surface area contributed by atoms with Gasteiger partial charge in [0.1, 0.15) is 0 Å². The van der Waals surface area contributed by atoms with Crippen LogP contribution in [0.3, 0.4) is 0 Å². The molecule has 0 aromatic heterocycles. The van der Waals surface area contributed by atoms with E-state index in [9.17, 15) is 16.8 Å². The van der Waals surface area contributed by atoms with Crippen molar-refractivity contribution in [2.45, 2.75) is 24.7 Å². The maximum absolute atomic E-state index is 11.4. The molecule has 9 heteroatoms. The van der Waals surface area contributed by atoms with Crippen LogP contribution < -0.4 is 14.6 Å². The summed E-state index contributed by atoms with van der Waals surface area (Å²) < 4.78 is 49.8. The van der Waals surface area contributed by atoms with Gasteiger partial charge in [-0.25, -0.2) is 23.0 Å². The Hall–Kier alpha value is -1.00. The van der Waals surface area contributed by atoms with Gasteiger partial charge >= 0.3 is 0 Å². The van der Waals surface area contributed by atoms with Gasteiger partial charge in [-0.2, -0.15) is 8.42 Å². The summed E-state index contributed by atoms with van der Waals surface area (Å²) in [4.78, 5) is 0.0337. The molecule has 0 bridgehead atoms. The first kappa shape index (κ1) is 17.1. The van der Waals surface area contributed by atoms with Crippen molar-refractivity contribution in [1.29, 1.82) is 0 Å². The Morgan fingerprint density at radius 2 is 1.55 bits per heavy atom. The third kappa shape index (κ3) is 5.97. The standard InChI is InChI=1S/C11H19N3O4S2/c1-2-8-13-20(17,18)14-9-7-10-3-5-11(6-4-10)19(12,15)16/h3-6,13-14H,2,7-9H2,1H3,(H2,12,15,16). The van der Waals surface area contributed by atoms with Crippen molar-refractivity contribution in [3.8, 4) is 0 Å². The van der Waals surface area contributed by atoms with E-state index in [1.807, 2.05) is 6.92 Å². The van der Waals surface area contributed by atoms with E-state index in [0.29, 0.717) is 13.0 Å². The number of hydrogen-bond donors (Lipinski definition) is 3. The molecular weight excluding hydrogens is 302 g/mol. The van der Waals surface area contributed by atoms with E-state index < -0.39 is 20.2 Å². The molecule has 0 fully saturated rings. The van der Waals surface area contributed by atoms with Gasteiger partial charge in [-0.3, -0.25) is 0 Å². The van der Waals surface area contributed by atoms with E-state index in [0.717, 1.165) is 12.0 Å². The van der Waals surface area contributed by atoms with Crippen molar-refractivity contribution in [1.82, 2.24) is 9.44 Å². The van der Waals surface area contributed by atoms with Crippen molar-refractivity contribution in [2.24, 2.45) is 5.14 Å². The maximum Gasteiger partial charge on any atom is 0.276 e. The highest BCUT2D eigenvalue weighted by atomic mass is 32.2. The number of benzene rings is 1. The molecule has 114 valence electrons. The van der Waals surface area contributed by atoms with Crippen LogP contribution in [0, 0.1) is 0 Å². The Morgan fingerprint density at radius 1 is 1.00 bits per heavy atom. The summed E-state index contributed by atoms with van der Waals surface area (Å²) in [6.45, 7) is 2.49. The molecule has 0 aliphatic carbocycles. The van der Waals surface area contributed by atoms with Crippen LogP contribution >= 0.6 is 0 Å². The summed E-state index contributed by atoms with van der Waals surface area (Å²) in [7, 11) is -7.16. The van der Waals surface area contributed by atoms with Gasteiger partial charge in [0, 0.05) is 13.1 Å². The topological polar surface area (TPSA) is 118 Å². The number of hydrogen-bond acceptors (Lipinski definition) is 4. The fourth-order valence-electron chi connectivity index (χ4n) is 1.46. The van der Waals surface area contributed by atoms with Gasteiger partial charge in [0.05, 0.1) is 4.90 Å². The van der Waals surface area contributed by atoms with Crippen molar-refractivity contribution in [3.05, 3.63) is 29.8 Å². The first-order valence-corrected chi connectivity index (χ1v) is 9.13. The van der Waals surface area contributed by atoms with Gasteiger partial charge in [0.15, 0.2) is 0 Å². The van der Waals surface area contributed by atoms with E-state index >= 15 is 0 Å². The Kier molecular flexibility index (Phi) is 6.08. The average Bonchev–Trinajstić information content (AvgIpc) is 2.36. The molecule has 20 heavy (non-hydrogen) atoms. The zero-order valence-corrected chi connectivity index (χ0v) is 12.8. The number of nitrogens with one attached hydrogen (secondary N) is 2. The summed E-state index contributed by atoms with van der Waals surface area (Å²) in [5, 5.41) is 4.98. The van der Waals surface area contributed by atoms with Gasteiger partial charge in [-0.15, -0.1) is 0 Å². The number of primary sulfonamides is 1. The number of rotatable bonds is 8. The van der Waals surface area contributed by atoms with Gasteiger partial charge in [-0.1, -0.05) is 19.1 Å². The summed E-state index contributed by atoms with van der Waals surface area (Å²) in [5.74, 6) is 0. The highest BCUT2D eigenvalue weighted by Gasteiger charge is 2.08. The van der Waals surface area contributed by atoms with Crippen LogP contribution in [0.4, 0.5) is 0 Å². The molecule has 0 spiro atoms. The van der Waals surface area contributed by atoms with Crippen LogP contribution in [-0.4, -0.2) is 29.9 Å². The molecule has 1 rings (SSSR count). The van der Waals surface area contributed by atoms with E-state index in [-0.39, 0.29) is 11.4 Å². The second-order valence-corrected chi connectivity index (χ2v) is 7.38. The molecule has 0 atom stereocenters. The highest BCUT2D eigenvalue weighted by molar-refractivity contribution is 7.89. The molecule has 7 nitrogen and oxygen atoms in total. The van der Waals surface area contributed by atoms with Crippen LogP contribution in [0.2, 0.25) is 0 Å². The lowest BCUT2D eigenvalue weighted by molar-refractivity contribution is 0.566. The normalized spacial score (nSPS) is 12.5. The minimum absolute atomic E-state index is 0.0337. The second-order valence-electron chi connectivity index (χ2n) is 4.23. The quantitative estimate of drug-likeness (QED) is 0.609. The summed E-state index contributed by atoms with van der Waals surface area (Å²) in [6.07, 6.45) is 1.17. The van der Waals surface area contributed by atoms with Crippen molar-refractivity contribution in [3.63, 3.8) is 0 Å². The fraction of sp³-hybridized carbons (Fsp3) is 0.455. The van der Waals surface area contributed by atoms with Crippen LogP contribution in [0.5, 0.6) is 0 Å². The third-order valence-electron chi connectivity index (χ3n) is 2.50. The summed E-state index contributed by atoms with van der Waals surface area (Å²) in [6, 6.07) is 6.00. The monoisotopic (exact) mass is 321 g/mol. The minimum atomic E-state index is -3.70. The molecule has 0 amide bonds. The molecule has 0 radical (unpaired) electrons. The second kappa shape index (κ2) is 7.14. The van der Waals surface area contributed by atoms with Crippen LogP contribution in [-0.2, 0) is 26.7 Å². The van der Waals surface area contributed by atoms with Crippen molar-refractivity contribution in [2.75, 3.05) is 13.1 Å². The zero-order valence-electron chi connectivity index (χ0n) is 11.2. The molecule has 1 aromatic carbocycles. The van der Waals surface area contributed by atoms with Crippen LogP contribution in [0.15, 0.2) is 29.2 Å². The molecule has 1 aromatic rings. The van der Waals surface area contributed by atoms with Gasteiger partial charge in [0.25, 0.3) is 10.2 Å². The lowest BCUT2D eigenvalue weighted by Crippen LogP contribution is -2.37. The van der Waals surface area contributed by atoms with E-state index in [1.165, 1.54) is 12.1 Å². The molecule has 0 heterocycles. The zero-order chi connectivity index (χ0) is 15.2. The van der Waals surface area contributed by atoms with E-state index in [1.54, 1.807) is 12.1 Å². The molecule has 4 N–H and O–H groups in total. The Balaban J connectivity index is 2.51. The van der Waals surface area contributed by atoms with Gasteiger partial charge in [-0.05, 0) is 30.5 Å². The summed E-state index contributed by atoms with van der Waals surface area (Å²) >= 11 is 0. The molecule has 0 aliphatic rings. The average molecular weight is 321 g/mol. The lowest BCUT2D eigenvalue weighted by atomic mass is 10.2. The predicted octanol–water partition coefficient (Wildman–Crippen LogP) is -0.289. The smallest absolute Gasteiger partial charge is 0.225 e. The third-order valence-corrected chi connectivity index (χ3v) is 4.60. The Morgan fingerprint density at radius 3 is 2.05 bits per heavy atom. The molecule has 0 aliphatic heterocycles. The molecule has 0 saturated heterocycles. The largest absolute Gasteiger partial charge is 0.276 e. The Labute approximate surface area is 119 Å². The first-order valence-electron chi connectivity index (χ1n) is 6.10. The highest BCUT2D eigenvalue weighted by Crippen LogP contribution is 2.08. The van der Waals surface area contributed by atoms with E-state index in [2.05, 4.69) is 9.44 Å². The molecule has 0 unspecified atom stereocenters. The Bertz CT molecular complexity index is 624. The maximum atomic E-state index is 11.4. The van der Waals surface area contributed by atoms with Gasteiger partial charge in [0.2, 0.25) is 10.0 Å². The number of nitrogens with two attached hydrogens (primary N) is 1. The number of sulfonamides is 1. The van der Waals surface area contributed by atoms with Crippen molar-refractivity contribution >= 4 is 20.2 Å². The van der Waals surface area contributed by atoms with Gasteiger partial charge < -0.3 is 0 Å². The van der Waals surface area contributed by atoms with Crippen LogP contribution in [0.1, 0.15) is 18.9 Å². The SMILES string of the molecule is CCCNS(=O)(=O)NCCc1ccc(S(N)(=O)=O)cc1. The first-order chi connectivity index (χ1) is 9.24. The predicted molar refractivity (Wildman–Crippen MR) is 76.7 cm³/mol. The summed E-state index contributed by atoms with van der Waals surface area (Å²) in [5.41, 5.74) is 0.815. The fourth-order valence-corrected chi connectivity index (χ4v) is 2.92.